The van der Waals surface area contributed by atoms with Crippen LogP contribution in [0.1, 0.15) is 32.9 Å². The van der Waals surface area contributed by atoms with Gasteiger partial charge in [-0.2, -0.15) is 5.26 Å². The highest BCUT2D eigenvalue weighted by Crippen LogP contribution is 2.29. The first-order valence-electron chi connectivity index (χ1n) is 9.14. The molecule has 4 aromatic rings. The van der Waals surface area contributed by atoms with Gasteiger partial charge in [0.25, 0.3) is 5.91 Å². The fourth-order valence-electron chi connectivity index (χ4n) is 2.77. The van der Waals surface area contributed by atoms with Gasteiger partial charge >= 0.3 is 0 Å². The Hall–Kier alpha value is -3.42. The van der Waals surface area contributed by atoms with Gasteiger partial charge < -0.3 is 0 Å². The predicted molar refractivity (Wildman–Crippen MR) is 118 cm³/mol. The van der Waals surface area contributed by atoms with Crippen LogP contribution >= 0.6 is 23.1 Å². The molecule has 154 valence electrons. The summed E-state index contributed by atoms with van der Waals surface area (Å²) < 4.78 is 14.7. The van der Waals surface area contributed by atoms with E-state index in [0.717, 1.165) is 11.6 Å². The molecule has 0 saturated heterocycles. The molecular weight excluding hydrogens is 435 g/mol. The summed E-state index contributed by atoms with van der Waals surface area (Å²) in [6, 6.07) is 11.8. The SMILES string of the molecule is Cc1nc2cc(F)cc(C(=O)Nc3nnc(SCc4ccc(C#N)cc4)s3)c2nc1C. The van der Waals surface area contributed by atoms with Crippen molar-refractivity contribution >= 4 is 45.2 Å². The van der Waals surface area contributed by atoms with Gasteiger partial charge in [-0.25, -0.2) is 14.4 Å². The largest absolute Gasteiger partial charge is 0.296 e. The first kappa shape index (κ1) is 20.8. The summed E-state index contributed by atoms with van der Waals surface area (Å²) in [4.78, 5) is 21.5. The van der Waals surface area contributed by atoms with Crippen LogP contribution in [-0.4, -0.2) is 26.1 Å². The molecule has 0 radical (unpaired) electrons. The molecule has 0 atom stereocenters. The average molecular weight is 451 g/mol. The number of rotatable bonds is 5. The van der Waals surface area contributed by atoms with Gasteiger partial charge in [-0.3, -0.25) is 10.1 Å². The summed E-state index contributed by atoms with van der Waals surface area (Å²) in [5.74, 6) is -0.440. The number of nitrogens with zero attached hydrogens (tertiary/aromatic N) is 5. The lowest BCUT2D eigenvalue weighted by molar-refractivity contribution is 0.102. The lowest BCUT2D eigenvalue weighted by Gasteiger charge is -2.08. The van der Waals surface area contributed by atoms with Gasteiger partial charge in [0.15, 0.2) is 4.34 Å². The molecule has 2 aromatic carbocycles. The first-order valence-corrected chi connectivity index (χ1v) is 10.9. The van der Waals surface area contributed by atoms with E-state index in [2.05, 4.69) is 31.6 Å². The number of carbonyl (C=O) groups excluding carboxylic acids is 1. The second-order valence-electron chi connectivity index (χ2n) is 6.64. The summed E-state index contributed by atoms with van der Waals surface area (Å²) in [5.41, 5.74) is 3.75. The number of thioether (sulfide) groups is 1. The van der Waals surface area contributed by atoms with Crippen molar-refractivity contribution in [1.29, 1.82) is 5.26 Å². The van der Waals surface area contributed by atoms with Crippen molar-refractivity contribution in [2.75, 3.05) is 5.32 Å². The van der Waals surface area contributed by atoms with Crippen molar-refractivity contribution in [2.24, 2.45) is 0 Å². The number of benzene rings is 2. The van der Waals surface area contributed by atoms with E-state index in [0.29, 0.717) is 43.2 Å². The van der Waals surface area contributed by atoms with Gasteiger partial charge in [0, 0.05) is 11.8 Å². The van der Waals surface area contributed by atoms with E-state index in [4.69, 9.17) is 5.26 Å². The number of nitriles is 1. The molecule has 2 heterocycles. The molecule has 1 amide bonds. The Bertz CT molecular complexity index is 1330. The number of amides is 1. The van der Waals surface area contributed by atoms with Crippen LogP contribution in [0.4, 0.5) is 9.52 Å². The molecule has 0 aliphatic heterocycles. The van der Waals surface area contributed by atoms with Crippen LogP contribution in [0.2, 0.25) is 0 Å². The summed E-state index contributed by atoms with van der Waals surface area (Å²) in [6.45, 7) is 3.57. The van der Waals surface area contributed by atoms with E-state index < -0.39 is 11.7 Å². The summed E-state index contributed by atoms with van der Waals surface area (Å²) in [5, 5.41) is 19.9. The Morgan fingerprint density at radius 3 is 2.65 bits per heavy atom. The van der Waals surface area contributed by atoms with E-state index in [1.165, 1.54) is 29.2 Å². The van der Waals surface area contributed by atoms with E-state index in [9.17, 15) is 9.18 Å². The normalized spacial score (nSPS) is 10.8. The van der Waals surface area contributed by atoms with Crippen molar-refractivity contribution in [3.05, 3.63) is 70.3 Å². The lowest BCUT2D eigenvalue weighted by Crippen LogP contribution is -2.14. The zero-order valence-electron chi connectivity index (χ0n) is 16.5. The molecule has 0 aliphatic rings. The molecule has 10 heteroatoms. The van der Waals surface area contributed by atoms with E-state index in [1.807, 2.05) is 12.1 Å². The van der Waals surface area contributed by atoms with Crippen LogP contribution in [0.25, 0.3) is 11.0 Å². The average Bonchev–Trinajstić information content (AvgIpc) is 3.20. The monoisotopic (exact) mass is 450 g/mol. The molecule has 0 saturated carbocycles. The zero-order chi connectivity index (χ0) is 22.0. The number of hydrogen-bond acceptors (Lipinski definition) is 8. The highest BCUT2D eigenvalue weighted by Gasteiger charge is 2.17. The molecule has 7 nitrogen and oxygen atoms in total. The van der Waals surface area contributed by atoms with Gasteiger partial charge in [0.2, 0.25) is 5.13 Å². The standard InChI is InChI=1S/C21H15FN6OS2/c1-11-12(2)25-18-16(7-15(22)8-17(18)24-11)19(29)26-20-27-28-21(31-20)30-10-14-5-3-13(9-23)4-6-14/h3-8H,10H2,1-2H3,(H,26,27,29). The summed E-state index contributed by atoms with van der Waals surface area (Å²) in [6.07, 6.45) is 0. The number of aromatic nitrogens is 4. The van der Waals surface area contributed by atoms with Crippen LogP contribution < -0.4 is 5.32 Å². The van der Waals surface area contributed by atoms with Crippen molar-refractivity contribution < 1.29 is 9.18 Å². The van der Waals surface area contributed by atoms with Crippen LogP contribution in [0, 0.1) is 31.0 Å². The van der Waals surface area contributed by atoms with Crippen LogP contribution in [0.5, 0.6) is 0 Å². The molecule has 31 heavy (non-hydrogen) atoms. The number of hydrogen-bond donors (Lipinski definition) is 1. The quantitative estimate of drug-likeness (QED) is 0.348. The van der Waals surface area contributed by atoms with Crippen LogP contribution in [0.3, 0.4) is 0 Å². The molecule has 4 rings (SSSR count). The Balaban J connectivity index is 1.49. The number of fused-ring (bicyclic) bond motifs is 1. The Labute approximate surface area is 185 Å². The number of halogens is 1. The predicted octanol–water partition coefficient (Wildman–Crippen LogP) is 4.65. The highest BCUT2D eigenvalue weighted by molar-refractivity contribution is 8.00. The van der Waals surface area contributed by atoms with Crippen molar-refractivity contribution in [3.8, 4) is 6.07 Å². The van der Waals surface area contributed by atoms with Crippen LogP contribution in [-0.2, 0) is 5.75 Å². The van der Waals surface area contributed by atoms with Crippen molar-refractivity contribution in [3.63, 3.8) is 0 Å². The summed E-state index contributed by atoms with van der Waals surface area (Å²) >= 11 is 2.69. The topological polar surface area (TPSA) is 104 Å². The second kappa shape index (κ2) is 8.75. The van der Waals surface area contributed by atoms with Gasteiger partial charge in [-0.05, 0) is 37.6 Å². The minimum Gasteiger partial charge on any atom is -0.296 e. The fraction of sp³-hybridized carbons (Fsp3) is 0.143. The van der Waals surface area contributed by atoms with E-state index in [1.54, 1.807) is 26.0 Å². The number of nitrogens with one attached hydrogen (secondary N) is 1. The highest BCUT2D eigenvalue weighted by atomic mass is 32.2. The molecule has 0 spiro atoms. The minimum absolute atomic E-state index is 0.0904. The zero-order valence-corrected chi connectivity index (χ0v) is 18.1. The Morgan fingerprint density at radius 2 is 1.90 bits per heavy atom. The Kier molecular flexibility index (Phi) is 5.88. The molecule has 0 unspecified atom stereocenters. The fourth-order valence-corrected chi connectivity index (χ4v) is 4.48. The maximum absolute atomic E-state index is 14.0. The van der Waals surface area contributed by atoms with Crippen molar-refractivity contribution in [1.82, 2.24) is 20.2 Å². The molecule has 2 aromatic heterocycles. The maximum Gasteiger partial charge on any atom is 0.259 e. The molecule has 1 N–H and O–H groups in total. The third-order valence-electron chi connectivity index (χ3n) is 4.46. The Morgan fingerprint density at radius 1 is 1.16 bits per heavy atom. The van der Waals surface area contributed by atoms with Crippen molar-refractivity contribution in [2.45, 2.75) is 23.9 Å². The van der Waals surface area contributed by atoms with E-state index >= 15 is 0 Å². The number of anilines is 1. The number of aryl methyl sites for hydroxylation is 2. The summed E-state index contributed by atoms with van der Waals surface area (Å²) in [7, 11) is 0. The molecular formula is C21H15FN6OS2. The second-order valence-corrected chi connectivity index (χ2v) is 8.84. The minimum atomic E-state index is -0.564. The van der Waals surface area contributed by atoms with E-state index in [-0.39, 0.29) is 5.56 Å². The van der Waals surface area contributed by atoms with Crippen LogP contribution in [0.15, 0.2) is 40.7 Å². The third kappa shape index (κ3) is 4.68. The smallest absolute Gasteiger partial charge is 0.259 e. The first-order chi connectivity index (χ1) is 14.9. The van der Waals surface area contributed by atoms with Gasteiger partial charge in [0.05, 0.1) is 34.1 Å². The van der Waals surface area contributed by atoms with Gasteiger partial charge in [-0.1, -0.05) is 35.2 Å². The maximum atomic E-state index is 14.0. The molecule has 0 aliphatic carbocycles. The lowest BCUT2D eigenvalue weighted by atomic mass is 10.1. The van der Waals surface area contributed by atoms with Gasteiger partial charge in [0.1, 0.15) is 11.3 Å². The molecule has 0 fully saturated rings. The third-order valence-corrected chi connectivity index (χ3v) is 6.51. The van der Waals surface area contributed by atoms with Gasteiger partial charge in [-0.15, -0.1) is 10.2 Å². The number of carbonyl (C=O) groups is 1. The molecule has 0 bridgehead atoms.